The molecular formula is C20H19N3O3. The number of aromatic nitrogens is 2. The van der Waals surface area contributed by atoms with E-state index in [4.69, 9.17) is 9.47 Å². The summed E-state index contributed by atoms with van der Waals surface area (Å²) < 4.78 is 12.4. The van der Waals surface area contributed by atoms with Crippen molar-refractivity contribution in [1.82, 2.24) is 9.55 Å². The van der Waals surface area contributed by atoms with Gasteiger partial charge in [-0.1, -0.05) is 12.1 Å². The van der Waals surface area contributed by atoms with E-state index in [1.54, 1.807) is 20.5 Å². The summed E-state index contributed by atoms with van der Waals surface area (Å²) in [6.45, 7) is 0. The third-order valence-corrected chi connectivity index (χ3v) is 4.62. The number of nitrogens with zero attached hydrogens (tertiary/aromatic N) is 2. The average molecular weight is 349 g/mol. The van der Waals surface area contributed by atoms with Gasteiger partial charge in [0, 0.05) is 18.0 Å². The Morgan fingerprint density at radius 1 is 1.08 bits per heavy atom. The van der Waals surface area contributed by atoms with Crippen LogP contribution in [0.1, 0.15) is 23.6 Å². The van der Waals surface area contributed by atoms with E-state index >= 15 is 0 Å². The molecule has 0 spiro atoms. The van der Waals surface area contributed by atoms with Crippen LogP contribution in [0.25, 0.3) is 5.69 Å². The molecule has 4 rings (SSSR count). The van der Waals surface area contributed by atoms with Crippen molar-refractivity contribution >= 4 is 11.7 Å². The zero-order chi connectivity index (χ0) is 18.1. The summed E-state index contributed by atoms with van der Waals surface area (Å²) in [5, 5.41) is 2.96. The summed E-state index contributed by atoms with van der Waals surface area (Å²) in [4.78, 5) is 16.9. The molecule has 26 heavy (non-hydrogen) atoms. The van der Waals surface area contributed by atoms with Gasteiger partial charge >= 0.3 is 0 Å². The first-order valence-electron chi connectivity index (χ1n) is 8.35. The third-order valence-electron chi connectivity index (χ3n) is 4.62. The Labute approximate surface area is 151 Å². The molecule has 0 radical (unpaired) electrons. The molecule has 132 valence electrons. The van der Waals surface area contributed by atoms with Gasteiger partial charge in [-0.05, 0) is 42.0 Å². The van der Waals surface area contributed by atoms with Gasteiger partial charge in [-0.2, -0.15) is 0 Å². The second-order valence-electron chi connectivity index (χ2n) is 6.13. The maximum absolute atomic E-state index is 12.3. The molecule has 0 saturated heterocycles. The van der Waals surface area contributed by atoms with Gasteiger partial charge in [0.1, 0.15) is 23.6 Å². The number of amides is 1. The highest BCUT2D eigenvalue weighted by Crippen LogP contribution is 2.38. The summed E-state index contributed by atoms with van der Waals surface area (Å²) in [6, 6.07) is 15.4. The van der Waals surface area contributed by atoms with E-state index in [0.29, 0.717) is 12.2 Å². The number of rotatable bonds is 4. The van der Waals surface area contributed by atoms with Crippen molar-refractivity contribution in [3.05, 3.63) is 66.1 Å². The van der Waals surface area contributed by atoms with Gasteiger partial charge in [-0.15, -0.1) is 0 Å². The van der Waals surface area contributed by atoms with Crippen LogP contribution in [-0.4, -0.2) is 29.7 Å². The van der Waals surface area contributed by atoms with Crippen molar-refractivity contribution in [3.8, 4) is 17.2 Å². The van der Waals surface area contributed by atoms with Crippen LogP contribution in [-0.2, 0) is 4.79 Å². The summed E-state index contributed by atoms with van der Waals surface area (Å²) in [7, 11) is 3.27. The topological polar surface area (TPSA) is 65.4 Å². The zero-order valence-electron chi connectivity index (χ0n) is 14.6. The standard InChI is InChI=1S/C20H19N3O3/c1-25-15-8-6-14(7-9-15)23-12-21-19-17(11-18(24)22-20(19)23)13-4-3-5-16(10-13)26-2/h3-10,12,17H,11H2,1-2H3,(H,22,24)/t17-/m0/s1. The lowest BCUT2D eigenvalue weighted by Crippen LogP contribution is -2.24. The van der Waals surface area contributed by atoms with Gasteiger partial charge in [0.15, 0.2) is 0 Å². The van der Waals surface area contributed by atoms with Gasteiger partial charge in [0.2, 0.25) is 5.91 Å². The predicted molar refractivity (Wildman–Crippen MR) is 98.2 cm³/mol. The number of methoxy groups -OCH3 is 2. The quantitative estimate of drug-likeness (QED) is 0.784. The average Bonchev–Trinajstić information content (AvgIpc) is 3.11. The Morgan fingerprint density at radius 2 is 1.85 bits per heavy atom. The lowest BCUT2D eigenvalue weighted by molar-refractivity contribution is -0.116. The van der Waals surface area contributed by atoms with Crippen LogP contribution in [0.15, 0.2) is 54.9 Å². The van der Waals surface area contributed by atoms with Crippen molar-refractivity contribution < 1.29 is 14.3 Å². The summed E-state index contributed by atoms with van der Waals surface area (Å²) in [6.07, 6.45) is 2.10. The zero-order valence-corrected chi connectivity index (χ0v) is 14.6. The van der Waals surface area contributed by atoms with Crippen molar-refractivity contribution in [3.63, 3.8) is 0 Å². The highest BCUT2D eigenvalue weighted by molar-refractivity contribution is 5.94. The minimum Gasteiger partial charge on any atom is -0.497 e. The lowest BCUT2D eigenvalue weighted by Gasteiger charge is -2.23. The number of imidazole rings is 1. The molecule has 1 amide bonds. The Bertz CT molecular complexity index is 947. The van der Waals surface area contributed by atoms with E-state index in [1.165, 1.54) is 0 Å². The Morgan fingerprint density at radius 3 is 2.58 bits per heavy atom. The molecule has 0 fully saturated rings. The van der Waals surface area contributed by atoms with Gasteiger partial charge in [-0.3, -0.25) is 9.36 Å². The highest BCUT2D eigenvalue weighted by atomic mass is 16.5. The first-order valence-corrected chi connectivity index (χ1v) is 8.35. The molecule has 0 aliphatic carbocycles. The van der Waals surface area contributed by atoms with Crippen LogP contribution in [0.2, 0.25) is 0 Å². The maximum Gasteiger partial charge on any atom is 0.226 e. The van der Waals surface area contributed by atoms with Gasteiger partial charge < -0.3 is 14.8 Å². The number of anilines is 1. The minimum absolute atomic E-state index is 0.0272. The second kappa shape index (κ2) is 6.55. The Kier molecular flexibility index (Phi) is 4.08. The fourth-order valence-electron chi connectivity index (χ4n) is 3.28. The van der Waals surface area contributed by atoms with Gasteiger partial charge in [0.05, 0.1) is 19.9 Å². The van der Waals surface area contributed by atoms with Crippen LogP contribution in [0.4, 0.5) is 5.82 Å². The molecule has 1 aromatic heterocycles. The number of carbonyl (C=O) groups is 1. The fourth-order valence-corrected chi connectivity index (χ4v) is 3.28. The highest BCUT2D eigenvalue weighted by Gasteiger charge is 2.31. The fraction of sp³-hybridized carbons (Fsp3) is 0.200. The van der Waals surface area contributed by atoms with Crippen molar-refractivity contribution in [1.29, 1.82) is 0 Å². The smallest absolute Gasteiger partial charge is 0.226 e. The predicted octanol–water partition coefficient (Wildman–Crippen LogP) is 3.36. The van der Waals surface area contributed by atoms with E-state index in [9.17, 15) is 4.79 Å². The Balaban J connectivity index is 1.76. The van der Waals surface area contributed by atoms with E-state index in [-0.39, 0.29) is 11.8 Å². The van der Waals surface area contributed by atoms with E-state index in [0.717, 1.165) is 28.4 Å². The molecule has 0 saturated carbocycles. The summed E-state index contributed by atoms with van der Waals surface area (Å²) in [5.74, 6) is 2.12. The number of nitrogens with one attached hydrogen (secondary N) is 1. The molecular weight excluding hydrogens is 330 g/mol. The monoisotopic (exact) mass is 349 g/mol. The van der Waals surface area contributed by atoms with E-state index in [1.807, 2.05) is 53.1 Å². The second-order valence-corrected chi connectivity index (χ2v) is 6.13. The largest absolute Gasteiger partial charge is 0.497 e. The van der Waals surface area contributed by atoms with Crippen molar-refractivity contribution in [2.24, 2.45) is 0 Å². The molecule has 0 unspecified atom stereocenters. The normalized spacial score (nSPS) is 15.9. The maximum atomic E-state index is 12.3. The van der Waals surface area contributed by atoms with Crippen LogP contribution in [0.3, 0.4) is 0 Å². The Hall–Kier alpha value is -3.28. The molecule has 0 bridgehead atoms. The molecule has 6 nitrogen and oxygen atoms in total. The summed E-state index contributed by atoms with van der Waals surface area (Å²) >= 11 is 0. The first kappa shape index (κ1) is 16.2. The number of benzene rings is 2. The van der Waals surface area contributed by atoms with Crippen LogP contribution < -0.4 is 14.8 Å². The molecule has 1 N–H and O–H groups in total. The molecule has 2 aromatic carbocycles. The number of carbonyl (C=O) groups excluding carboxylic acids is 1. The molecule has 3 aromatic rings. The van der Waals surface area contributed by atoms with Crippen LogP contribution in [0, 0.1) is 0 Å². The number of hydrogen-bond acceptors (Lipinski definition) is 4. The summed E-state index contributed by atoms with van der Waals surface area (Å²) in [5.41, 5.74) is 2.78. The SMILES string of the molecule is COc1ccc(-n2cnc3c2NC(=O)C[C@H]3c2cccc(OC)c2)cc1. The number of ether oxygens (including phenoxy) is 2. The third kappa shape index (κ3) is 2.79. The number of hydrogen-bond donors (Lipinski definition) is 1. The lowest BCUT2D eigenvalue weighted by atomic mass is 9.89. The van der Waals surface area contributed by atoms with E-state index in [2.05, 4.69) is 10.3 Å². The van der Waals surface area contributed by atoms with Crippen molar-refractivity contribution in [2.45, 2.75) is 12.3 Å². The van der Waals surface area contributed by atoms with Gasteiger partial charge in [0.25, 0.3) is 0 Å². The molecule has 1 aliphatic rings. The number of fused-ring (bicyclic) bond motifs is 1. The van der Waals surface area contributed by atoms with Crippen LogP contribution >= 0.6 is 0 Å². The van der Waals surface area contributed by atoms with Gasteiger partial charge in [-0.25, -0.2) is 4.98 Å². The molecule has 2 heterocycles. The first-order chi connectivity index (χ1) is 12.7. The van der Waals surface area contributed by atoms with Crippen molar-refractivity contribution in [2.75, 3.05) is 19.5 Å². The molecule has 1 atom stereocenters. The minimum atomic E-state index is -0.103. The van der Waals surface area contributed by atoms with Crippen LogP contribution in [0.5, 0.6) is 11.5 Å². The molecule has 6 heteroatoms. The molecule has 1 aliphatic heterocycles. The van der Waals surface area contributed by atoms with E-state index < -0.39 is 0 Å².